The van der Waals surface area contributed by atoms with Gasteiger partial charge in [0.1, 0.15) is 5.52 Å². The minimum atomic E-state index is 0.125. The van der Waals surface area contributed by atoms with Crippen LogP contribution >= 0.6 is 0 Å². The van der Waals surface area contributed by atoms with Gasteiger partial charge in [-0.05, 0) is 43.7 Å². The van der Waals surface area contributed by atoms with Crippen molar-refractivity contribution in [2.45, 2.75) is 57.8 Å². The Morgan fingerprint density at radius 1 is 1.11 bits per heavy atom. The maximum atomic E-state index is 12.5. The summed E-state index contributed by atoms with van der Waals surface area (Å²) in [4.78, 5) is 19.2. The highest BCUT2D eigenvalue weighted by molar-refractivity contribution is 5.79. The van der Waals surface area contributed by atoms with Crippen molar-refractivity contribution in [3.8, 4) is 0 Å². The molecule has 1 amide bonds. The standard InChI is InChI=1S/C22H31N3O2/c26-21(23-14-6-9-17-7-2-1-3-8-17)18-12-15-25(16-13-18)22-24-19-10-4-5-11-20(19)27-22/h4-5,10-11,17-18H,1-3,6-9,12-16H2,(H,23,26). The van der Waals surface area contributed by atoms with Gasteiger partial charge >= 0.3 is 0 Å². The largest absolute Gasteiger partial charge is 0.423 e. The number of fused-ring (bicyclic) bond motifs is 1. The number of carbonyl (C=O) groups excluding carboxylic acids is 1. The summed E-state index contributed by atoms with van der Waals surface area (Å²) in [5.74, 6) is 1.26. The molecule has 0 spiro atoms. The molecule has 1 N–H and O–H groups in total. The van der Waals surface area contributed by atoms with Crippen LogP contribution in [0.15, 0.2) is 28.7 Å². The van der Waals surface area contributed by atoms with Gasteiger partial charge in [-0.2, -0.15) is 4.98 Å². The molecule has 27 heavy (non-hydrogen) atoms. The molecule has 1 aliphatic carbocycles. The van der Waals surface area contributed by atoms with Gasteiger partial charge in [0.25, 0.3) is 6.01 Å². The number of nitrogens with one attached hydrogen (secondary N) is 1. The third-order valence-electron chi connectivity index (χ3n) is 6.23. The van der Waals surface area contributed by atoms with Gasteiger partial charge in [-0.15, -0.1) is 0 Å². The average Bonchev–Trinajstić information content (AvgIpc) is 3.16. The molecule has 1 aromatic carbocycles. The van der Waals surface area contributed by atoms with E-state index in [9.17, 15) is 4.79 Å². The monoisotopic (exact) mass is 369 g/mol. The van der Waals surface area contributed by atoms with Gasteiger partial charge in [0.15, 0.2) is 5.58 Å². The topological polar surface area (TPSA) is 58.4 Å². The summed E-state index contributed by atoms with van der Waals surface area (Å²) in [7, 11) is 0. The predicted molar refractivity (Wildman–Crippen MR) is 108 cm³/mol. The van der Waals surface area contributed by atoms with Gasteiger partial charge in [0.05, 0.1) is 0 Å². The zero-order valence-corrected chi connectivity index (χ0v) is 16.2. The van der Waals surface area contributed by atoms with Crippen LogP contribution in [0.5, 0.6) is 0 Å². The lowest BCUT2D eigenvalue weighted by Gasteiger charge is -2.30. The molecule has 2 aromatic rings. The lowest BCUT2D eigenvalue weighted by Crippen LogP contribution is -2.41. The van der Waals surface area contributed by atoms with E-state index in [1.165, 1.54) is 38.5 Å². The number of oxazole rings is 1. The Kier molecular flexibility index (Phi) is 5.95. The molecule has 2 heterocycles. The third kappa shape index (κ3) is 4.63. The summed E-state index contributed by atoms with van der Waals surface area (Å²) < 4.78 is 5.85. The van der Waals surface area contributed by atoms with E-state index >= 15 is 0 Å². The molecular weight excluding hydrogens is 338 g/mol. The van der Waals surface area contributed by atoms with Crippen molar-refractivity contribution in [1.29, 1.82) is 0 Å². The number of amides is 1. The molecule has 0 unspecified atom stereocenters. The van der Waals surface area contributed by atoms with Crippen LogP contribution in [0.4, 0.5) is 6.01 Å². The number of anilines is 1. The summed E-state index contributed by atoms with van der Waals surface area (Å²) in [6.07, 6.45) is 11.1. The number of carbonyl (C=O) groups is 1. The molecule has 5 heteroatoms. The molecule has 1 saturated heterocycles. The van der Waals surface area contributed by atoms with Crippen molar-refractivity contribution in [2.75, 3.05) is 24.5 Å². The lowest BCUT2D eigenvalue weighted by molar-refractivity contribution is -0.125. The molecule has 0 bridgehead atoms. The molecule has 1 aromatic heterocycles. The number of rotatable bonds is 6. The fourth-order valence-corrected chi connectivity index (χ4v) is 4.55. The highest BCUT2D eigenvalue weighted by Crippen LogP contribution is 2.28. The molecule has 2 fully saturated rings. The smallest absolute Gasteiger partial charge is 0.298 e. The number of para-hydroxylation sites is 2. The number of hydrogen-bond donors (Lipinski definition) is 1. The second-order valence-corrected chi connectivity index (χ2v) is 8.16. The Bertz CT molecular complexity index is 710. The van der Waals surface area contributed by atoms with E-state index in [0.717, 1.165) is 55.9 Å². The van der Waals surface area contributed by atoms with Gasteiger partial charge in [-0.1, -0.05) is 44.2 Å². The van der Waals surface area contributed by atoms with Crippen molar-refractivity contribution in [3.05, 3.63) is 24.3 Å². The lowest BCUT2D eigenvalue weighted by atomic mass is 9.86. The summed E-state index contributed by atoms with van der Waals surface area (Å²) in [5.41, 5.74) is 1.72. The van der Waals surface area contributed by atoms with E-state index in [4.69, 9.17) is 4.42 Å². The van der Waals surface area contributed by atoms with Crippen LogP contribution in [0.3, 0.4) is 0 Å². The first-order valence-electron chi connectivity index (χ1n) is 10.7. The van der Waals surface area contributed by atoms with Crippen LogP contribution in [0.2, 0.25) is 0 Å². The Labute approximate surface area is 161 Å². The summed E-state index contributed by atoms with van der Waals surface area (Å²) in [6.45, 7) is 2.49. The van der Waals surface area contributed by atoms with Gasteiger partial charge in [-0.25, -0.2) is 0 Å². The highest BCUT2D eigenvalue weighted by atomic mass is 16.4. The summed E-state index contributed by atoms with van der Waals surface area (Å²) >= 11 is 0. The van der Waals surface area contributed by atoms with E-state index in [1.807, 2.05) is 24.3 Å². The molecule has 1 saturated carbocycles. The van der Waals surface area contributed by atoms with Crippen LogP contribution in [0, 0.1) is 11.8 Å². The molecular formula is C22H31N3O2. The highest BCUT2D eigenvalue weighted by Gasteiger charge is 2.27. The molecule has 5 nitrogen and oxygen atoms in total. The van der Waals surface area contributed by atoms with Crippen LogP contribution in [-0.4, -0.2) is 30.5 Å². The van der Waals surface area contributed by atoms with Crippen molar-refractivity contribution >= 4 is 23.0 Å². The summed E-state index contributed by atoms with van der Waals surface area (Å²) in [6, 6.07) is 8.53. The van der Waals surface area contributed by atoms with Gasteiger partial charge < -0.3 is 14.6 Å². The Hall–Kier alpha value is -2.04. The fourth-order valence-electron chi connectivity index (χ4n) is 4.55. The van der Waals surface area contributed by atoms with Crippen LogP contribution in [0.25, 0.3) is 11.1 Å². The molecule has 0 atom stereocenters. The SMILES string of the molecule is O=C(NCCCC1CCCCC1)C1CCN(c2nc3ccccc3o2)CC1. The molecule has 1 aliphatic heterocycles. The second kappa shape index (κ2) is 8.77. The Morgan fingerprint density at radius 2 is 1.89 bits per heavy atom. The number of nitrogens with zero attached hydrogens (tertiary/aromatic N) is 2. The molecule has 0 radical (unpaired) electrons. The van der Waals surface area contributed by atoms with Crippen LogP contribution in [0.1, 0.15) is 57.8 Å². The first kappa shape index (κ1) is 18.3. The maximum Gasteiger partial charge on any atom is 0.298 e. The number of aromatic nitrogens is 1. The Morgan fingerprint density at radius 3 is 2.67 bits per heavy atom. The number of piperidine rings is 1. The summed E-state index contributed by atoms with van der Waals surface area (Å²) in [5, 5.41) is 3.17. The van der Waals surface area contributed by atoms with E-state index in [1.54, 1.807) is 0 Å². The third-order valence-corrected chi connectivity index (χ3v) is 6.23. The fraction of sp³-hybridized carbons (Fsp3) is 0.636. The van der Waals surface area contributed by atoms with Gasteiger partial charge in [0, 0.05) is 25.6 Å². The van der Waals surface area contributed by atoms with E-state index in [0.29, 0.717) is 6.01 Å². The second-order valence-electron chi connectivity index (χ2n) is 8.16. The van der Waals surface area contributed by atoms with Crippen molar-refractivity contribution < 1.29 is 9.21 Å². The molecule has 4 rings (SSSR count). The van der Waals surface area contributed by atoms with Crippen molar-refractivity contribution in [1.82, 2.24) is 10.3 Å². The van der Waals surface area contributed by atoms with Gasteiger partial charge in [0.2, 0.25) is 5.91 Å². The van der Waals surface area contributed by atoms with E-state index < -0.39 is 0 Å². The minimum absolute atomic E-state index is 0.125. The van der Waals surface area contributed by atoms with Crippen LogP contribution < -0.4 is 10.2 Å². The Balaban J connectivity index is 1.18. The normalized spacial score (nSPS) is 19.5. The number of benzene rings is 1. The molecule has 146 valence electrons. The zero-order valence-electron chi connectivity index (χ0n) is 16.2. The first-order valence-corrected chi connectivity index (χ1v) is 10.7. The van der Waals surface area contributed by atoms with Crippen molar-refractivity contribution in [2.24, 2.45) is 11.8 Å². The van der Waals surface area contributed by atoms with E-state index in [-0.39, 0.29) is 11.8 Å². The molecule has 2 aliphatic rings. The zero-order chi connectivity index (χ0) is 18.5. The van der Waals surface area contributed by atoms with E-state index in [2.05, 4.69) is 15.2 Å². The first-order chi connectivity index (χ1) is 13.3. The predicted octanol–water partition coefficient (Wildman–Crippen LogP) is 4.52. The van der Waals surface area contributed by atoms with Crippen molar-refractivity contribution in [3.63, 3.8) is 0 Å². The number of hydrogen-bond acceptors (Lipinski definition) is 4. The minimum Gasteiger partial charge on any atom is -0.423 e. The average molecular weight is 370 g/mol. The van der Waals surface area contributed by atoms with Gasteiger partial charge in [-0.3, -0.25) is 4.79 Å². The quantitative estimate of drug-likeness (QED) is 0.761. The van der Waals surface area contributed by atoms with Crippen LogP contribution in [-0.2, 0) is 4.79 Å². The maximum absolute atomic E-state index is 12.5.